The molecular weight excluding hydrogens is 402 g/mol. The molecule has 162 valence electrons. The van der Waals surface area contributed by atoms with Crippen molar-refractivity contribution in [2.45, 2.75) is 32.4 Å². The van der Waals surface area contributed by atoms with Crippen molar-refractivity contribution in [3.05, 3.63) is 106 Å². The van der Waals surface area contributed by atoms with Gasteiger partial charge in [0.25, 0.3) is 5.56 Å². The summed E-state index contributed by atoms with van der Waals surface area (Å²) in [6, 6.07) is 25.0. The Bertz CT molecular complexity index is 1230. The van der Waals surface area contributed by atoms with Crippen LogP contribution in [-0.2, 0) is 24.4 Å². The van der Waals surface area contributed by atoms with Crippen LogP contribution in [0.25, 0.3) is 10.9 Å². The van der Waals surface area contributed by atoms with Crippen molar-refractivity contribution in [2.24, 2.45) is 0 Å². The number of hydrogen-bond acceptors (Lipinski definition) is 4. The number of hydrogen-bond donors (Lipinski definition) is 2. The lowest BCUT2D eigenvalue weighted by Crippen LogP contribution is -2.22. The summed E-state index contributed by atoms with van der Waals surface area (Å²) >= 11 is 0. The van der Waals surface area contributed by atoms with Gasteiger partial charge in [-0.25, -0.2) is 4.98 Å². The fraction of sp³-hybridized carbons (Fsp3) is 0.192. The van der Waals surface area contributed by atoms with Gasteiger partial charge in [0, 0.05) is 19.4 Å². The SMILES string of the molecule is O=C(CCCc1nc2ccccc2c(=O)[nH]1)NCc1ccc(OCc2ccccc2)cc1. The predicted molar refractivity (Wildman–Crippen MR) is 124 cm³/mol. The van der Waals surface area contributed by atoms with Gasteiger partial charge in [-0.2, -0.15) is 0 Å². The second-order valence-electron chi connectivity index (χ2n) is 7.58. The Kier molecular flexibility index (Phi) is 6.92. The summed E-state index contributed by atoms with van der Waals surface area (Å²) in [4.78, 5) is 31.6. The summed E-state index contributed by atoms with van der Waals surface area (Å²) in [6.07, 6.45) is 1.52. The Morgan fingerprint density at radius 2 is 1.66 bits per heavy atom. The van der Waals surface area contributed by atoms with Gasteiger partial charge in [0.15, 0.2) is 0 Å². The average molecular weight is 428 g/mol. The number of H-pyrrole nitrogens is 1. The van der Waals surface area contributed by atoms with E-state index in [4.69, 9.17) is 4.74 Å². The third-order valence-electron chi connectivity index (χ3n) is 5.14. The van der Waals surface area contributed by atoms with Crippen LogP contribution in [-0.4, -0.2) is 15.9 Å². The van der Waals surface area contributed by atoms with Gasteiger partial charge >= 0.3 is 0 Å². The minimum absolute atomic E-state index is 0.0301. The van der Waals surface area contributed by atoms with Crippen molar-refractivity contribution in [3.63, 3.8) is 0 Å². The van der Waals surface area contributed by atoms with E-state index in [1.807, 2.05) is 72.8 Å². The van der Waals surface area contributed by atoms with Crippen LogP contribution in [0.15, 0.2) is 83.7 Å². The molecule has 2 N–H and O–H groups in total. The molecule has 4 aromatic rings. The standard InChI is InChI=1S/C26H25N3O3/c30-25(12-6-11-24-28-23-10-5-4-9-22(23)26(31)29-24)27-17-19-13-15-21(16-14-19)32-18-20-7-2-1-3-8-20/h1-5,7-10,13-16H,6,11-12,17-18H2,(H,27,30)(H,28,29,31). The molecule has 0 saturated carbocycles. The molecule has 0 aliphatic carbocycles. The Morgan fingerprint density at radius 1 is 0.906 bits per heavy atom. The molecule has 0 spiro atoms. The zero-order valence-electron chi connectivity index (χ0n) is 17.7. The van der Waals surface area contributed by atoms with Gasteiger partial charge in [-0.1, -0.05) is 54.6 Å². The highest BCUT2D eigenvalue weighted by atomic mass is 16.5. The summed E-state index contributed by atoms with van der Waals surface area (Å²) in [6.45, 7) is 0.983. The van der Waals surface area contributed by atoms with Crippen LogP contribution in [0.2, 0.25) is 0 Å². The third kappa shape index (κ3) is 5.82. The molecular formula is C26H25N3O3. The first kappa shape index (κ1) is 21.3. The highest BCUT2D eigenvalue weighted by Crippen LogP contribution is 2.14. The van der Waals surface area contributed by atoms with Gasteiger partial charge in [0.2, 0.25) is 5.91 Å². The van der Waals surface area contributed by atoms with E-state index in [1.54, 1.807) is 6.07 Å². The van der Waals surface area contributed by atoms with Crippen LogP contribution in [0.3, 0.4) is 0 Å². The topological polar surface area (TPSA) is 84.1 Å². The van der Waals surface area contributed by atoms with Gasteiger partial charge in [-0.3, -0.25) is 9.59 Å². The number of carbonyl (C=O) groups excluding carboxylic acids is 1. The van der Waals surface area contributed by atoms with Crippen LogP contribution < -0.4 is 15.6 Å². The van der Waals surface area contributed by atoms with Crippen molar-refractivity contribution in [1.29, 1.82) is 0 Å². The molecule has 4 rings (SSSR count). The number of fused-ring (bicyclic) bond motifs is 1. The van der Waals surface area contributed by atoms with E-state index in [9.17, 15) is 9.59 Å². The molecule has 0 aliphatic heterocycles. The smallest absolute Gasteiger partial charge is 0.258 e. The normalized spacial score (nSPS) is 10.8. The minimum Gasteiger partial charge on any atom is -0.489 e. The van der Waals surface area contributed by atoms with E-state index in [0.717, 1.165) is 16.9 Å². The zero-order chi connectivity index (χ0) is 22.2. The lowest BCUT2D eigenvalue weighted by molar-refractivity contribution is -0.121. The van der Waals surface area contributed by atoms with E-state index in [-0.39, 0.29) is 11.5 Å². The summed E-state index contributed by atoms with van der Waals surface area (Å²) in [5, 5.41) is 3.51. The van der Waals surface area contributed by atoms with E-state index < -0.39 is 0 Å². The Labute approximate surface area is 186 Å². The largest absolute Gasteiger partial charge is 0.489 e. The number of amides is 1. The van der Waals surface area contributed by atoms with Crippen molar-refractivity contribution in [1.82, 2.24) is 15.3 Å². The molecule has 1 heterocycles. The van der Waals surface area contributed by atoms with Crippen LogP contribution in [0.5, 0.6) is 5.75 Å². The number of ether oxygens (including phenoxy) is 1. The maximum Gasteiger partial charge on any atom is 0.258 e. The highest BCUT2D eigenvalue weighted by Gasteiger charge is 2.06. The average Bonchev–Trinajstić information content (AvgIpc) is 2.83. The first-order valence-corrected chi connectivity index (χ1v) is 10.7. The minimum atomic E-state index is -0.147. The van der Waals surface area contributed by atoms with Crippen LogP contribution in [0.4, 0.5) is 0 Å². The number of nitrogens with one attached hydrogen (secondary N) is 2. The molecule has 1 amide bonds. The first-order valence-electron chi connectivity index (χ1n) is 10.7. The third-order valence-corrected chi connectivity index (χ3v) is 5.14. The van der Waals surface area contributed by atoms with Crippen LogP contribution in [0, 0.1) is 0 Å². The quantitative estimate of drug-likeness (QED) is 0.420. The van der Waals surface area contributed by atoms with E-state index in [1.165, 1.54) is 0 Å². The lowest BCUT2D eigenvalue weighted by atomic mass is 10.2. The predicted octanol–water partition coefficient (Wildman–Crippen LogP) is 4.14. The lowest BCUT2D eigenvalue weighted by Gasteiger charge is -2.08. The van der Waals surface area contributed by atoms with E-state index in [2.05, 4.69) is 15.3 Å². The zero-order valence-corrected chi connectivity index (χ0v) is 17.7. The van der Waals surface area contributed by atoms with Crippen molar-refractivity contribution >= 4 is 16.8 Å². The Balaban J connectivity index is 1.20. The van der Waals surface area contributed by atoms with E-state index in [0.29, 0.717) is 49.1 Å². The van der Waals surface area contributed by atoms with Crippen molar-refractivity contribution in [2.75, 3.05) is 0 Å². The Morgan fingerprint density at radius 3 is 2.47 bits per heavy atom. The molecule has 1 aromatic heterocycles. The molecule has 0 atom stereocenters. The summed E-state index contributed by atoms with van der Waals surface area (Å²) in [5.74, 6) is 1.37. The van der Waals surface area contributed by atoms with E-state index >= 15 is 0 Å². The molecule has 0 radical (unpaired) electrons. The number of benzene rings is 3. The second-order valence-corrected chi connectivity index (χ2v) is 7.58. The fourth-order valence-corrected chi connectivity index (χ4v) is 3.40. The highest BCUT2D eigenvalue weighted by molar-refractivity contribution is 5.77. The molecule has 32 heavy (non-hydrogen) atoms. The number of rotatable bonds is 9. The summed E-state index contributed by atoms with van der Waals surface area (Å²) < 4.78 is 5.78. The van der Waals surface area contributed by atoms with Gasteiger partial charge < -0.3 is 15.0 Å². The molecule has 0 fully saturated rings. The number of aryl methyl sites for hydroxylation is 1. The van der Waals surface area contributed by atoms with Gasteiger partial charge in [0.1, 0.15) is 18.2 Å². The number of para-hydroxylation sites is 1. The van der Waals surface area contributed by atoms with Gasteiger partial charge in [0.05, 0.1) is 10.9 Å². The number of aromatic nitrogens is 2. The van der Waals surface area contributed by atoms with Gasteiger partial charge in [-0.15, -0.1) is 0 Å². The molecule has 6 nitrogen and oxygen atoms in total. The van der Waals surface area contributed by atoms with Crippen LogP contribution in [0.1, 0.15) is 29.8 Å². The summed E-state index contributed by atoms with van der Waals surface area (Å²) in [7, 11) is 0. The molecule has 0 aliphatic rings. The second kappa shape index (κ2) is 10.4. The summed E-state index contributed by atoms with van der Waals surface area (Å²) in [5.41, 5.74) is 2.65. The number of aromatic amines is 1. The molecule has 0 saturated heterocycles. The van der Waals surface area contributed by atoms with Crippen LogP contribution >= 0.6 is 0 Å². The maximum absolute atomic E-state index is 12.2. The fourth-order valence-electron chi connectivity index (χ4n) is 3.40. The first-order chi connectivity index (χ1) is 15.7. The molecule has 0 bridgehead atoms. The molecule has 6 heteroatoms. The Hall–Kier alpha value is -3.93. The van der Waals surface area contributed by atoms with Crippen molar-refractivity contribution < 1.29 is 9.53 Å². The number of carbonyl (C=O) groups is 1. The molecule has 3 aromatic carbocycles. The maximum atomic E-state index is 12.2. The monoisotopic (exact) mass is 427 g/mol. The molecule has 0 unspecified atom stereocenters. The number of nitrogens with zero attached hydrogens (tertiary/aromatic N) is 1. The van der Waals surface area contributed by atoms with Gasteiger partial charge in [-0.05, 0) is 41.8 Å². The van der Waals surface area contributed by atoms with Crippen molar-refractivity contribution in [3.8, 4) is 5.75 Å².